The zero-order chi connectivity index (χ0) is 21.4. The molecule has 0 aromatic heterocycles. The third kappa shape index (κ3) is 6.54. The SMILES string of the molecule is CC[C@H](C(=O)NC)N(Cc1c(Cl)cccc1Cl)C(=O)CSCc1ccccc1Cl. The van der Waals surface area contributed by atoms with Crippen LogP contribution in [0.2, 0.25) is 15.1 Å². The maximum atomic E-state index is 13.1. The zero-order valence-corrected chi connectivity index (χ0v) is 19.3. The van der Waals surface area contributed by atoms with Gasteiger partial charge in [0, 0.05) is 40.0 Å². The summed E-state index contributed by atoms with van der Waals surface area (Å²) in [7, 11) is 1.56. The number of benzene rings is 2. The molecule has 1 N–H and O–H groups in total. The van der Waals surface area contributed by atoms with Crippen LogP contribution in [-0.4, -0.2) is 35.6 Å². The number of hydrogen-bond acceptors (Lipinski definition) is 3. The summed E-state index contributed by atoms with van der Waals surface area (Å²) in [5.74, 6) is 0.428. The van der Waals surface area contributed by atoms with E-state index in [-0.39, 0.29) is 24.1 Å². The number of halogens is 3. The van der Waals surface area contributed by atoms with Gasteiger partial charge in [0.1, 0.15) is 6.04 Å². The monoisotopic (exact) mass is 472 g/mol. The molecule has 0 spiro atoms. The minimum atomic E-state index is -0.610. The molecule has 0 saturated heterocycles. The topological polar surface area (TPSA) is 49.4 Å². The van der Waals surface area contributed by atoms with Gasteiger partial charge in [0.15, 0.2) is 0 Å². The standard InChI is InChI=1S/C21H23Cl3N2O2S/c1-3-19(21(28)25-2)26(11-15-17(23)9-6-10-18(15)24)20(27)13-29-12-14-7-4-5-8-16(14)22/h4-10,19H,3,11-13H2,1-2H3,(H,25,28)/t19-/m1/s1. The fraction of sp³-hybridized carbons (Fsp3) is 0.333. The van der Waals surface area contributed by atoms with Crippen LogP contribution in [0, 0.1) is 0 Å². The van der Waals surface area contributed by atoms with E-state index in [0.29, 0.717) is 32.8 Å². The van der Waals surface area contributed by atoms with Crippen molar-refractivity contribution in [3.63, 3.8) is 0 Å². The lowest BCUT2D eigenvalue weighted by molar-refractivity contribution is -0.139. The quantitative estimate of drug-likeness (QED) is 0.528. The molecule has 0 unspecified atom stereocenters. The average molecular weight is 474 g/mol. The molecule has 8 heteroatoms. The average Bonchev–Trinajstić information content (AvgIpc) is 2.71. The predicted molar refractivity (Wildman–Crippen MR) is 123 cm³/mol. The molecule has 2 rings (SSSR count). The number of hydrogen-bond donors (Lipinski definition) is 1. The largest absolute Gasteiger partial charge is 0.357 e. The molecule has 0 saturated carbocycles. The molecule has 29 heavy (non-hydrogen) atoms. The van der Waals surface area contributed by atoms with Gasteiger partial charge in [-0.25, -0.2) is 0 Å². The molecule has 0 fully saturated rings. The van der Waals surface area contributed by atoms with Crippen LogP contribution in [0.25, 0.3) is 0 Å². The molecule has 2 amide bonds. The summed E-state index contributed by atoms with van der Waals surface area (Å²) in [6, 6.07) is 12.1. The van der Waals surface area contributed by atoms with Crippen LogP contribution < -0.4 is 5.32 Å². The van der Waals surface area contributed by atoms with Crippen LogP contribution in [0.5, 0.6) is 0 Å². The predicted octanol–water partition coefficient (Wildman–Crippen LogP) is 5.43. The first-order valence-corrected chi connectivity index (χ1v) is 11.4. The molecule has 0 aliphatic carbocycles. The lowest BCUT2D eigenvalue weighted by Gasteiger charge is -2.30. The highest BCUT2D eigenvalue weighted by atomic mass is 35.5. The number of rotatable bonds is 9. The van der Waals surface area contributed by atoms with Gasteiger partial charge in [-0.2, -0.15) is 0 Å². The van der Waals surface area contributed by atoms with Crippen LogP contribution in [-0.2, 0) is 21.9 Å². The molecule has 0 aliphatic heterocycles. The molecule has 0 radical (unpaired) electrons. The summed E-state index contributed by atoms with van der Waals surface area (Å²) in [5.41, 5.74) is 1.59. The van der Waals surface area contributed by atoms with Gasteiger partial charge in [-0.3, -0.25) is 9.59 Å². The summed E-state index contributed by atoms with van der Waals surface area (Å²) in [6.45, 7) is 2.03. The first-order valence-electron chi connectivity index (χ1n) is 9.14. The van der Waals surface area contributed by atoms with Crippen molar-refractivity contribution in [2.75, 3.05) is 12.8 Å². The molecular weight excluding hydrogens is 451 g/mol. The number of nitrogens with zero attached hydrogens (tertiary/aromatic N) is 1. The number of amides is 2. The fourth-order valence-corrected chi connectivity index (χ4v) is 4.60. The van der Waals surface area contributed by atoms with Gasteiger partial charge < -0.3 is 10.2 Å². The Morgan fingerprint density at radius 3 is 2.24 bits per heavy atom. The highest BCUT2D eigenvalue weighted by Crippen LogP contribution is 2.28. The van der Waals surface area contributed by atoms with E-state index in [1.54, 1.807) is 30.1 Å². The van der Waals surface area contributed by atoms with Crippen molar-refractivity contribution < 1.29 is 9.59 Å². The third-order valence-corrected chi connectivity index (χ3v) is 6.51. The van der Waals surface area contributed by atoms with Crippen LogP contribution in [0.3, 0.4) is 0 Å². The second-order valence-corrected chi connectivity index (χ2v) is 8.55. The van der Waals surface area contributed by atoms with E-state index in [0.717, 1.165) is 5.56 Å². The molecular formula is C21H23Cl3N2O2S. The second kappa shape index (κ2) is 11.7. The summed E-state index contributed by atoms with van der Waals surface area (Å²) < 4.78 is 0. The number of nitrogens with one attached hydrogen (secondary N) is 1. The van der Waals surface area contributed by atoms with Crippen LogP contribution in [0.15, 0.2) is 42.5 Å². The first kappa shape index (κ1) is 23.9. The number of carbonyl (C=O) groups is 2. The van der Waals surface area contributed by atoms with E-state index in [9.17, 15) is 9.59 Å². The van der Waals surface area contributed by atoms with Crippen molar-refractivity contribution in [2.24, 2.45) is 0 Å². The van der Waals surface area contributed by atoms with Gasteiger partial charge in [-0.15, -0.1) is 11.8 Å². The molecule has 0 aliphatic rings. The molecule has 0 bridgehead atoms. The summed E-state index contributed by atoms with van der Waals surface area (Å²) in [5, 5.41) is 4.23. The Hall–Kier alpha value is -1.40. The maximum Gasteiger partial charge on any atom is 0.242 e. The van der Waals surface area contributed by atoms with E-state index in [4.69, 9.17) is 34.8 Å². The minimum absolute atomic E-state index is 0.159. The minimum Gasteiger partial charge on any atom is -0.357 e. The van der Waals surface area contributed by atoms with Gasteiger partial charge in [-0.1, -0.05) is 66.0 Å². The van der Waals surface area contributed by atoms with E-state index in [1.807, 2.05) is 31.2 Å². The summed E-state index contributed by atoms with van der Waals surface area (Å²) >= 11 is 20.2. The highest BCUT2D eigenvalue weighted by molar-refractivity contribution is 7.99. The maximum absolute atomic E-state index is 13.1. The van der Waals surface area contributed by atoms with Gasteiger partial charge in [0.25, 0.3) is 0 Å². The lowest BCUT2D eigenvalue weighted by Crippen LogP contribution is -2.48. The normalized spacial score (nSPS) is 11.8. The Balaban J connectivity index is 2.18. The Morgan fingerprint density at radius 2 is 1.66 bits per heavy atom. The van der Waals surface area contributed by atoms with E-state index in [1.165, 1.54) is 11.8 Å². The van der Waals surface area contributed by atoms with Crippen molar-refractivity contribution in [2.45, 2.75) is 31.7 Å². The van der Waals surface area contributed by atoms with Gasteiger partial charge in [0.2, 0.25) is 11.8 Å². The Bertz CT molecular complexity index is 843. The number of thioether (sulfide) groups is 1. The van der Waals surface area contributed by atoms with Crippen molar-refractivity contribution in [1.29, 1.82) is 0 Å². The molecule has 4 nitrogen and oxygen atoms in total. The van der Waals surface area contributed by atoms with Gasteiger partial charge >= 0.3 is 0 Å². The fourth-order valence-electron chi connectivity index (χ4n) is 2.89. The Morgan fingerprint density at radius 1 is 1.03 bits per heavy atom. The van der Waals surface area contributed by atoms with Crippen molar-refractivity contribution >= 4 is 58.4 Å². The molecule has 156 valence electrons. The highest BCUT2D eigenvalue weighted by Gasteiger charge is 2.29. The Kier molecular flexibility index (Phi) is 9.63. The van der Waals surface area contributed by atoms with Crippen molar-refractivity contribution in [3.8, 4) is 0 Å². The van der Waals surface area contributed by atoms with Gasteiger partial charge in [-0.05, 0) is 30.2 Å². The molecule has 0 heterocycles. The van der Waals surface area contributed by atoms with Crippen LogP contribution in [0.4, 0.5) is 0 Å². The molecule has 2 aromatic carbocycles. The lowest BCUT2D eigenvalue weighted by atomic mass is 10.1. The third-order valence-electron chi connectivity index (χ3n) is 4.46. The number of carbonyl (C=O) groups excluding carboxylic acids is 2. The van der Waals surface area contributed by atoms with Crippen LogP contribution in [0.1, 0.15) is 24.5 Å². The first-order chi connectivity index (χ1) is 13.9. The van der Waals surface area contributed by atoms with Crippen LogP contribution >= 0.6 is 46.6 Å². The van der Waals surface area contributed by atoms with E-state index < -0.39 is 6.04 Å². The molecule has 1 atom stereocenters. The van der Waals surface area contributed by atoms with E-state index in [2.05, 4.69) is 5.32 Å². The second-order valence-electron chi connectivity index (χ2n) is 6.34. The van der Waals surface area contributed by atoms with E-state index >= 15 is 0 Å². The van der Waals surface area contributed by atoms with Crippen molar-refractivity contribution in [1.82, 2.24) is 10.2 Å². The zero-order valence-electron chi connectivity index (χ0n) is 16.3. The smallest absolute Gasteiger partial charge is 0.242 e. The summed E-state index contributed by atoms with van der Waals surface area (Å²) in [6.07, 6.45) is 0.475. The Labute approximate surface area is 190 Å². The molecule has 2 aromatic rings. The van der Waals surface area contributed by atoms with Gasteiger partial charge in [0.05, 0.1) is 5.75 Å². The summed E-state index contributed by atoms with van der Waals surface area (Å²) in [4.78, 5) is 27.0. The van der Waals surface area contributed by atoms with Crippen molar-refractivity contribution in [3.05, 3.63) is 68.7 Å². The number of likely N-dealkylation sites (N-methyl/N-ethyl adjacent to an activating group) is 1.